The van der Waals surface area contributed by atoms with Crippen molar-refractivity contribution in [1.29, 1.82) is 0 Å². The summed E-state index contributed by atoms with van der Waals surface area (Å²) in [6.07, 6.45) is 1.59. The number of ether oxygens (including phenoxy) is 1. The van der Waals surface area contributed by atoms with Crippen LogP contribution in [0.2, 0.25) is 5.02 Å². The summed E-state index contributed by atoms with van der Waals surface area (Å²) in [4.78, 5) is 12.2. The lowest BCUT2D eigenvalue weighted by molar-refractivity contribution is 0.101. The average molecular weight is 425 g/mol. The molecule has 0 aliphatic carbocycles. The molecule has 0 aliphatic rings. The summed E-state index contributed by atoms with van der Waals surface area (Å²) in [5.74, 6) is -0.458. The highest BCUT2D eigenvalue weighted by Gasteiger charge is 2.12. The number of rotatable bonds is 5. The first kappa shape index (κ1) is 17.4. The quantitative estimate of drug-likeness (QED) is 0.644. The first-order chi connectivity index (χ1) is 12.0. The second kappa shape index (κ2) is 7.67. The van der Waals surface area contributed by atoms with Crippen molar-refractivity contribution in [2.24, 2.45) is 0 Å². The van der Waals surface area contributed by atoms with E-state index >= 15 is 0 Å². The van der Waals surface area contributed by atoms with Crippen LogP contribution in [-0.4, -0.2) is 15.7 Å². The maximum absolute atomic E-state index is 13.8. The van der Waals surface area contributed by atoms with Gasteiger partial charge in [0, 0.05) is 15.7 Å². The van der Waals surface area contributed by atoms with Crippen LogP contribution in [-0.2, 0) is 6.73 Å². The molecule has 0 fully saturated rings. The van der Waals surface area contributed by atoms with Crippen molar-refractivity contribution in [3.05, 3.63) is 75.7 Å². The number of amides is 1. The van der Waals surface area contributed by atoms with Gasteiger partial charge < -0.3 is 10.1 Å². The van der Waals surface area contributed by atoms with Crippen LogP contribution in [0.1, 0.15) is 10.5 Å². The molecule has 0 spiro atoms. The first-order valence-electron chi connectivity index (χ1n) is 7.19. The van der Waals surface area contributed by atoms with Gasteiger partial charge >= 0.3 is 0 Å². The Hall–Kier alpha value is -2.38. The summed E-state index contributed by atoms with van der Waals surface area (Å²) in [6.45, 7) is 0.111. The normalized spacial score (nSPS) is 10.5. The number of halogens is 3. The third kappa shape index (κ3) is 4.58. The fourth-order valence-corrected chi connectivity index (χ4v) is 2.54. The lowest BCUT2D eigenvalue weighted by Gasteiger charge is -2.07. The van der Waals surface area contributed by atoms with Crippen molar-refractivity contribution >= 4 is 39.1 Å². The Balaban J connectivity index is 1.63. The van der Waals surface area contributed by atoms with Gasteiger partial charge in [-0.2, -0.15) is 5.10 Å². The van der Waals surface area contributed by atoms with Crippen LogP contribution in [0.25, 0.3) is 0 Å². The zero-order chi connectivity index (χ0) is 17.8. The van der Waals surface area contributed by atoms with Crippen LogP contribution in [0.3, 0.4) is 0 Å². The van der Waals surface area contributed by atoms with E-state index in [9.17, 15) is 9.18 Å². The maximum Gasteiger partial charge on any atom is 0.276 e. The second-order valence-electron chi connectivity index (χ2n) is 5.05. The summed E-state index contributed by atoms with van der Waals surface area (Å²) < 4.78 is 21.3. The van der Waals surface area contributed by atoms with Gasteiger partial charge in [-0.25, -0.2) is 9.07 Å². The van der Waals surface area contributed by atoms with Gasteiger partial charge in [-0.1, -0.05) is 33.6 Å². The number of anilines is 1. The van der Waals surface area contributed by atoms with Crippen molar-refractivity contribution in [1.82, 2.24) is 9.78 Å². The summed E-state index contributed by atoms with van der Waals surface area (Å²) >= 11 is 9.04. The minimum absolute atomic E-state index is 0.0814. The number of nitrogens with zero attached hydrogens (tertiary/aromatic N) is 2. The lowest BCUT2D eigenvalue weighted by Crippen LogP contribution is -2.15. The van der Waals surface area contributed by atoms with E-state index in [0.29, 0.717) is 15.2 Å². The largest absolute Gasteiger partial charge is 0.471 e. The summed E-state index contributed by atoms with van der Waals surface area (Å²) in [5.41, 5.74) is 0.231. The van der Waals surface area contributed by atoms with Crippen LogP contribution in [0.4, 0.5) is 10.1 Å². The Kier molecular flexibility index (Phi) is 5.35. The zero-order valence-electron chi connectivity index (χ0n) is 12.7. The van der Waals surface area contributed by atoms with E-state index in [1.165, 1.54) is 22.9 Å². The van der Waals surface area contributed by atoms with E-state index in [1.807, 2.05) is 0 Å². The highest BCUT2D eigenvalue weighted by atomic mass is 79.9. The van der Waals surface area contributed by atoms with E-state index < -0.39 is 11.7 Å². The Labute approximate surface area is 156 Å². The van der Waals surface area contributed by atoms with Gasteiger partial charge in [0.2, 0.25) is 0 Å². The molecule has 2 aromatic carbocycles. The molecule has 3 aromatic rings. The Morgan fingerprint density at radius 2 is 2.12 bits per heavy atom. The SMILES string of the molecule is O=C(Nc1ccc(Br)cc1F)c1ccn(COc2cccc(Cl)c2)n1. The van der Waals surface area contributed by atoms with Gasteiger partial charge in [-0.15, -0.1) is 0 Å². The van der Waals surface area contributed by atoms with Gasteiger partial charge in [-0.3, -0.25) is 4.79 Å². The molecule has 1 amide bonds. The number of benzene rings is 2. The van der Waals surface area contributed by atoms with Gasteiger partial charge in [0.1, 0.15) is 11.6 Å². The molecule has 0 saturated carbocycles. The van der Waals surface area contributed by atoms with Gasteiger partial charge in [0.25, 0.3) is 5.91 Å². The molecule has 0 bridgehead atoms. The molecule has 0 saturated heterocycles. The molecule has 0 radical (unpaired) electrons. The van der Waals surface area contributed by atoms with E-state index in [4.69, 9.17) is 16.3 Å². The molecule has 1 aromatic heterocycles. The van der Waals surface area contributed by atoms with Crippen molar-refractivity contribution in [2.45, 2.75) is 6.73 Å². The van der Waals surface area contributed by atoms with Gasteiger partial charge in [0.15, 0.2) is 12.4 Å². The molecule has 1 heterocycles. The number of nitrogens with one attached hydrogen (secondary N) is 1. The zero-order valence-corrected chi connectivity index (χ0v) is 15.1. The Morgan fingerprint density at radius 1 is 1.28 bits per heavy atom. The van der Waals surface area contributed by atoms with Crippen LogP contribution >= 0.6 is 27.5 Å². The minimum Gasteiger partial charge on any atom is -0.471 e. The maximum atomic E-state index is 13.8. The minimum atomic E-state index is -0.536. The number of aromatic nitrogens is 2. The van der Waals surface area contributed by atoms with E-state index in [-0.39, 0.29) is 18.1 Å². The molecule has 3 rings (SSSR count). The predicted octanol–water partition coefficient (Wildman–Crippen LogP) is 4.73. The van der Waals surface area contributed by atoms with Crippen LogP contribution in [0, 0.1) is 5.82 Å². The number of carbonyl (C=O) groups is 1. The Morgan fingerprint density at radius 3 is 2.88 bits per heavy atom. The van der Waals surface area contributed by atoms with Crippen LogP contribution in [0.15, 0.2) is 59.2 Å². The highest BCUT2D eigenvalue weighted by Crippen LogP contribution is 2.20. The highest BCUT2D eigenvalue weighted by molar-refractivity contribution is 9.10. The van der Waals surface area contributed by atoms with E-state index in [1.54, 1.807) is 36.5 Å². The smallest absolute Gasteiger partial charge is 0.276 e. The summed E-state index contributed by atoms with van der Waals surface area (Å²) in [6, 6.07) is 12.8. The van der Waals surface area contributed by atoms with Crippen molar-refractivity contribution in [2.75, 3.05) is 5.32 Å². The fourth-order valence-electron chi connectivity index (χ4n) is 2.03. The lowest BCUT2D eigenvalue weighted by atomic mass is 10.3. The van der Waals surface area contributed by atoms with Gasteiger partial charge in [-0.05, 0) is 42.5 Å². The molecule has 5 nitrogen and oxygen atoms in total. The molecule has 128 valence electrons. The molecule has 25 heavy (non-hydrogen) atoms. The number of hydrogen-bond donors (Lipinski definition) is 1. The molecule has 0 aliphatic heterocycles. The van der Waals surface area contributed by atoms with E-state index in [2.05, 4.69) is 26.3 Å². The summed E-state index contributed by atoms with van der Waals surface area (Å²) in [5, 5.41) is 7.15. The molecular formula is C17H12BrClFN3O2. The topological polar surface area (TPSA) is 56.2 Å². The van der Waals surface area contributed by atoms with Crippen LogP contribution < -0.4 is 10.1 Å². The third-order valence-electron chi connectivity index (χ3n) is 3.21. The fraction of sp³-hybridized carbons (Fsp3) is 0.0588. The molecule has 0 unspecified atom stereocenters. The molecule has 8 heteroatoms. The average Bonchev–Trinajstić information content (AvgIpc) is 3.05. The molecule has 0 atom stereocenters. The monoisotopic (exact) mass is 423 g/mol. The predicted molar refractivity (Wildman–Crippen MR) is 96.4 cm³/mol. The Bertz CT molecular complexity index is 916. The number of hydrogen-bond acceptors (Lipinski definition) is 3. The summed E-state index contributed by atoms with van der Waals surface area (Å²) in [7, 11) is 0. The second-order valence-corrected chi connectivity index (χ2v) is 6.40. The molecule has 1 N–H and O–H groups in total. The van der Waals surface area contributed by atoms with E-state index in [0.717, 1.165) is 0 Å². The van der Waals surface area contributed by atoms with Crippen LogP contribution in [0.5, 0.6) is 5.75 Å². The van der Waals surface area contributed by atoms with Crippen molar-refractivity contribution in [3.8, 4) is 5.75 Å². The molecular weight excluding hydrogens is 413 g/mol. The number of carbonyl (C=O) groups excluding carboxylic acids is 1. The first-order valence-corrected chi connectivity index (χ1v) is 8.36. The van der Waals surface area contributed by atoms with Crippen molar-refractivity contribution in [3.63, 3.8) is 0 Å². The van der Waals surface area contributed by atoms with Gasteiger partial charge in [0.05, 0.1) is 5.69 Å². The standard InChI is InChI=1S/C17H12BrClFN3O2/c18-11-4-5-15(14(20)8-11)21-17(24)16-6-7-23(22-16)10-25-13-3-1-2-12(19)9-13/h1-9H,10H2,(H,21,24). The third-order valence-corrected chi connectivity index (χ3v) is 3.94. The van der Waals surface area contributed by atoms with Crippen molar-refractivity contribution < 1.29 is 13.9 Å².